The fourth-order valence-corrected chi connectivity index (χ4v) is 4.04. The summed E-state index contributed by atoms with van der Waals surface area (Å²) in [5.41, 5.74) is 1.94. The fourth-order valence-electron chi connectivity index (χ4n) is 3.01. The van der Waals surface area contributed by atoms with Gasteiger partial charge < -0.3 is 10.1 Å². The SMILES string of the molecule is COc1ccc(-c2n[nH]c(CNC(=O)c3ccccc3Sc3ccccc3C#N)n2)cc1. The molecule has 2 N–H and O–H groups in total. The van der Waals surface area contributed by atoms with Crippen molar-refractivity contribution in [2.45, 2.75) is 16.3 Å². The lowest BCUT2D eigenvalue weighted by molar-refractivity contribution is 0.0947. The minimum absolute atomic E-state index is 0.204. The molecule has 0 atom stereocenters. The van der Waals surface area contributed by atoms with E-state index in [9.17, 15) is 10.1 Å². The molecule has 1 heterocycles. The van der Waals surface area contributed by atoms with E-state index < -0.39 is 0 Å². The molecule has 4 aromatic rings. The second-order valence-corrected chi connectivity index (χ2v) is 7.81. The van der Waals surface area contributed by atoms with Gasteiger partial charge in [-0.05, 0) is 48.5 Å². The molecule has 4 rings (SSSR count). The summed E-state index contributed by atoms with van der Waals surface area (Å²) < 4.78 is 5.16. The van der Waals surface area contributed by atoms with Gasteiger partial charge in [0.15, 0.2) is 5.82 Å². The first-order valence-electron chi connectivity index (χ1n) is 9.78. The number of nitrogens with one attached hydrogen (secondary N) is 2. The van der Waals surface area contributed by atoms with Crippen molar-refractivity contribution in [2.75, 3.05) is 7.11 Å². The van der Waals surface area contributed by atoms with Crippen LogP contribution in [-0.2, 0) is 6.54 Å². The number of aromatic amines is 1. The Hall–Kier alpha value is -4.09. The van der Waals surface area contributed by atoms with Crippen LogP contribution in [0.3, 0.4) is 0 Å². The summed E-state index contributed by atoms with van der Waals surface area (Å²) >= 11 is 1.39. The van der Waals surface area contributed by atoms with Gasteiger partial charge in [0, 0.05) is 15.4 Å². The van der Waals surface area contributed by atoms with Gasteiger partial charge in [-0.1, -0.05) is 36.0 Å². The molecule has 0 aliphatic rings. The lowest BCUT2D eigenvalue weighted by Crippen LogP contribution is -2.24. The highest BCUT2D eigenvalue weighted by molar-refractivity contribution is 7.99. The standard InChI is InChI=1S/C24H19N5O2S/c1-31-18-12-10-16(11-13-18)23-27-22(28-29-23)15-26-24(30)19-7-3-5-9-21(19)32-20-8-4-2-6-17(20)14-25/h2-13H,15H2,1H3,(H,26,30)(H,27,28,29). The van der Waals surface area contributed by atoms with E-state index in [-0.39, 0.29) is 12.5 Å². The van der Waals surface area contributed by atoms with Gasteiger partial charge in [-0.3, -0.25) is 9.89 Å². The van der Waals surface area contributed by atoms with E-state index in [1.165, 1.54) is 11.8 Å². The van der Waals surface area contributed by atoms with Crippen molar-refractivity contribution in [3.63, 3.8) is 0 Å². The number of benzene rings is 3. The Labute approximate surface area is 189 Å². The summed E-state index contributed by atoms with van der Waals surface area (Å²) in [5.74, 6) is 1.61. The van der Waals surface area contributed by atoms with E-state index >= 15 is 0 Å². The fraction of sp³-hybridized carbons (Fsp3) is 0.0833. The zero-order chi connectivity index (χ0) is 22.3. The number of rotatable bonds is 7. The van der Waals surface area contributed by atoms with E-state index in [1.54, 1.807) is 19.2 Å². The third-order valence-corrected chi connectivity index (χ3v) is 5.81. The van der Waals surface area contributed by atoms with Gasteiger partial charge in [0.05, 0.1) is 24.8 Å². The summed E-state index contributed by atoms with van der Waals surface area (Å²) in [5, 5.41) is 19.3. The number of carbonyl (C=O) groups is 1. The minimum Gasteiger partial charge on any atom is -0.497 e. The summed E-state index contributed by atoms with van der Waals surface area (Å²) in [6.45, 7) is 0.204. The number of hydrogen-bond donors (Lipinski definition) is 2. The Bertz CT molecular complexity index is 1280. The van der Waals surface area contributed by atoms with E-state index in [1.807, 2.05) is 60.7 Å². The third-order valence-electron chi connectivity index (χ3n) is 4.66. The van der Waals surface area contributed by atoms with Crippen LogP contribution in [0.25, 0.3) is 11.4 Å². The predicted molar refractivity (Wildman–Crippen MR) is 121 cm³/mol. The maximum absolute atomic E-state index is 12.9. The van der Waals surface area contributed by atoms with Gasteiger partial charge >= 0.3 is 0 Å². The Morgan fingerprint density at radius 1 is 1.06 bits per heavy atom. The smallest absolute Gasteiger partial charge is 0.252 e. The van der Waals surface area contributed by atoms with Crippen LogP contribution in [0.2, 0.25) is 0 Å². The van der Waals surface area contributed by atoms with Crippen LogP contribution in [0.4, 0.5) is 0 Å². The minimum atomic E-state index is -0.232. The second kappa shape index (κ2) is 9.81. The summed E-state index contributed by atoms with van der Waals surface area (Å²) in [6.07, 6.45) is 0. The molecule has 0 fully saturated rings. The average molecular weight is 442 g/mol. The number of nitrogens with zero attached hydrogens (tertiary/aromatic N) is 3. The number of methoxy groups -OCH3 is 1. The molecule has 32 heavy (non-hydrogen) atoms. The van der Waals surface area contributed by atoms with Crippen LogP contribution in [0.15, 0.2) is 82.6 Å². The Morgan fingerprint density at radius 2 is 1.78 bits per heavy atom. The third kappa shape index (κ3) is 4.79. The maximum atomic E-state index is 12.9. The zero-order valence-corrected chi connectivity index (χ0v) is 18.0. The van der Waals surface area contributed by atoms with Crippen molar-refractivity contribution >= 4 is 17.7 Å². The zero-order valence-electron chi connectivity index (χ0n) is 17.2. The topological polar surface area (TPSA) is 104 Å². The Morgan fingerprint density at radius 3 is 2.53 bits per heavy atom. The molecule has 0 aliphatic carbocycles. The Kier molecular flexibility index (Phi) is 6.49. The molecule has 0 saturated carbocycles. The van der Waals surface area contributed by atoms with E-state index in [2.05, 4.69) is 26.6 Å². The second-order valence-electron chi connectivity index (χ2n) is 6.72. The normalized spacial score (nSPS) is 10.4. The molecule has 0 radical (unpaired) electrons. The van der Waals surface area contributed by atoms with Gasteiger partial charge in [-0.15, -0.1) is 0 Å². The molecule has 0 saturated heterocycles. The van der Waals surface area contributed by atoms with Crippen molar-refractivity contribution in [2.24, 2.45) is 0 Å². The molecule has 0 unspecified atom stereocenters. The first-order valence-corrected chi connectivity index (χ1v) is 10.6. The molecule has 0 bridgehead atoms. The number of hydrogen-bond acceptors (Lipinski definition) is 6. The van der Waals surface area contributed by atoms with Gasteiger partial charge in [0.1, 0.15) is 17.6 Å². The van der Waals surface area contributed by atoms with Crippen LogP contribution in [0.5, 0.6) is 5.75 Å². The van der Waals surface area contributed by atoms with E-state index in [0.29, 0.717) is 22.8 Å². The molecule has 158 valence electrons. The van der Waals surface area contributed by atoms with Crippen LogP contribution in [0.1, 0.15) is 21.7 Å². The predicted octanol–water partition coefficient (Wildman–Crippen LogP) is 4.43. The Balaban J connectivity index is 1.45. The molecule has 1 aromatic heterocycles. The monoisotopic (exact) mass is 441 g/mol. The summed E-state index contributed by atoms with van der Waals surface area (Å²) in [4.78, 5) is 18.9. The molecular weight excluding hydrogens is 422 g/mol. The molecule has 3 aromatic carbocycles. The number of amides is 1. The lowest BCUT2D eigenvalue weighted by atomic mass is 10.2. The number of aromatic nitrogens is 3. The van der Waals surface area contributed by atoms with Crippen LogP contribution >= 0.6 is 11.8 Å². The van der Waals surface area contributed by atoms with Crippen molar-refractivity contribution in [1.29, 1.82) is 5.26 Å². The highest BCUT2D eigenvalue weighted by atomic mass is 32.2. The molecule has 1 amide bonds. The lowest BCUT2D eigenvalue weighted by Gasteiger charge is -2.10. The number of nitriles is 1. The average Bonchev–Trinajstić information content (AvgIpc) is 3.32. The maximum Gasteiger partial charge on any atom is 0.252 e. The molecular formula is C24H19N5O2S. The van der Waals surface area contributed by atoms with Crippen LogP contribution in [-0.4, -0.2) is 28.2 Å². The van der Waals surface area contributed by atoms with E-state index in [0.717, 1.165) is 21.1 Å². The highest BCUT2D eigenvalue weighted by Crippen LogP contribution is 2.32. The molecule has 0 aliphatic heterocycles. The van der Waals surface area contributed by atoms with Gasteiger partial charge in [-0.2, -0.15) is 10.4 Å². The van der Waals surface area contributed by atoms with Crippen molar-refractivity contribution < 1.29 is 9.53 Å². The molecule has 8 heteroatoms. The van der Waals surface area contributed by atoms with Crippen molar-refractivity contribution in [3.8, 4) is 23.2 Å². The molecule has 0 spiro atoms. The van der Waals surface area contributed by atoms with Crippen LogP contribution in [0, 0.1) is 11.3 Å². The summed E-state index contributed by atoms with van der Waals surface area (Å²) in [6, 6.07) is 24.2. The van der Waals surface area contributed by atoms with Gasteiger partial charge in [0.25, 0.3) is 5.91 Å². The van der Waals surface area contributed by atoms with Gasteiger partial charge in [0.2, 0.25) is 0 Å². The number of carbonyl (C=O) groups excluding carboxylic acids is 1. The largest absolute Gasteiger partial charge is 0.497 e. The summed E-state index contributed by atoms with van der Waals surface area (Å²) in [7, 11) is 1.61. The van der Waals surface area contributed by atoms with E-state index in [4.69, 9.17) is 4.74 Å². The first-order chi connectivity index (χ1) is 15.7. The van der Waals surface area contributed by atoms with Crippen LogP contribution < -0.4 is 10.1 Å². The van der Waals surface area contributed by atoms with Gasteiger partial charge in [-0.25, -0.2) is 4.98 Å². The molecule has 7 nitrogen and oxygen atoms in total. The van der Waals surface area contributed by atoms with Crippen molar-refractivity contribution in [1.82, 2.24) is 20.5 Å². The number of ether oxygens (including phenoxy) is 1. The quantitative estimate of drug-likeness (QED) is 0.440. The van der Waals surface area contributed by atoms with Crippen molar-refractivity contribution in [3.05, 3.63) is 89.7 Å². The first kappa shape index (κ1) is 21.2. The number of H-pyrrole nitrogens is 1. The highest BCUT2D eigenvalue weighted by Gasteiger charge is 2.14.